The Balaban J connectivity index is 2.20. The predicted octanol–water partition coefficient (Wildman–Crippen LogP) is 3.88. The van der Waals surface area contributed by atoms with E-state index < -0.39 is 0 Å². The summed E-state index contributed by atoms with van der Waals surface area (Å²) in [4.78, 5) is 0. The van der Waals surface area contributed by atoms with Crippen molar-refractivity contribution in [1.29, 1.82) is 0 Å². The summed E-state index contributed by atoms with van der Waals surface area (Å²) in [6, 6.07) is 0. The van der Waals surface area contributed by atoms with Gasteiger partial charge in [0.05, 0.1) is 0 Å². The zero-order valence-electron chi connectivity index (χ0n) is 9.16. The molecule has 2 aliphatic rings. The molecule has 0 spiro atoms. The number of allylic oxidation sites excluding steroid dienone is 2. The first-order valence-corrected chi connectivity index (χ1v) is 5.88. The zero-order chi connectivity index (χ0) is 9.42. The zero-order valence-corrected chi connectivity index (χ0v) is 9.16. The molecule has 0 nitrogen and oxygen atoms in total. The van der Waals surface area contributed by atoms with Crippen molar-refractivity contribution in [3.05, 3.63) is 12.2 Å². The van der Waals surface area contributed by atoms with Crippen LogP contribution in [0.4, 0.5) is 0 Å². The summed E-state index contributed by atoms with van der Waals surface area (Å²) in [5.74, 6) is 4.60. The molecule has 0 bridgehead atoms. The van der Waals surface area contributed by atoms with Crippen molar-refractivity contribution >= 4 is 0 Å². The first kappa shape index (κ1) is 9.30. The fourth-order valence-electron chi connectivity index (χ4n) is 3.63. The maximum Gasteiger partial charge on any atom is -0.0228 e. The van der Waals surface area contributed by atoms with E-state index in [4.69, 9.17) is 0 Å². The molecule has 0 aliphatic heterocycles. The fraction of sp³-hybridized carbons (Fsp3) is 0.846. The van der Waals surface area contributed by atoms with Gasteiger partial charge in [-0.15, -0.1) is 0 Å². The number of hydrogen-bond donors (Lipinski definition) is 0. The van der Waals surface area contributed by atoms with Gasteiger partial charge < -0.3 is 0 Å². The van der Waals surface area contributed by atoms with Crippen LogP contribution >= 0.6 is 0 Å². The van der Waals surface area contributed by atoms with E-state index in [9.17, 15) is 0 Å². The fourth-order valence-corrected chi connectivity index (χ4v) is 3.63. The molecule has 2 aliphatic carbocycles. The minimum atomic E-state index is 0.830. The van der Waals surface area contributed by atoms with Crippen molar-refractivity contribution < 1.29 is 0 Å². The highest BCUT2D eigenvalue weighted by Gasteiger charge is 2.37. The second kappa shape index (κ2) is 3.48. The highest BCUT2D eigenvalue weighted by atomic mass is 14.4. The Morgan fingerprint density at radius 3 is 2.31 bits per heavy atom. The molecule has 0 heteroatoms. The highest BCUT2D eigenvalue weighted by Crippen LogP contribution is 2.46. The molecule has 13 heavy (non-hydrogen) atoms. The lowest BCUT2D eigenvalue weighted by Gasteiger charge is -2.44. The molecule has 0 saturated heterocycles. The van der Waals surface area contributed by atoms with Crippen molar-refractivity contribution in [3.63, 3.8) is 0 Å². The average molecular weight is 178 g/mol. The van der Waals surface area contributed by atoms with Crippen molar-refractivity contribution in [2.24, 2.45) is 29.6 Å². The summed E-state index contributed by atoms with van der Waals surface area (Å²) in [6.45, 7) is 7.26. The van der Waals surface area contributed by atoms with E-state index in [1.54, 1.807) is 0 Å². The molecule has 1 saturated carbocycles. The lowest BCUT2D eigenvalue weighted by Crippen LogP contribution is -2.36. The maximum atomic E-state index is 2.46. The van der Waals surface area contributed by atoms with E-state index in [1.807, 2.05) is 0 Å². The lowest BCUT2D eigenvalue weighted by molar-refractivity contribution is 0.0914. The normalized spacial score (nSPS) is 50.2. The molecule has 0 N–H and O–H groups in total. The third-order valence-corrected chi connectivity index (χ3v) is 4.35. The van der Waals surface area contributed by atoms with Gasteiger partial charge in [-0.25, -0.2) is 0 Å². The predicted molar refractivity (Wildman–Crippen MR) is 57.5 cm³/mol. The summed E-state index contributed by atoms with van der Waals surface area (Å²) < 4.78 is 0. The van der Waals surface area contributed by atoms with Crippen LogP contribution in [-0.2, 0) is 0 Å². The lowest BCUT2D eigenvalue weighted by atomic mass is 9.61. The van der Waals surface area contributed by atoms with Gasteiger partial charge in [0.2, 0.25) is 0 Å². The Hall–Kier alpha value is -0.260. The number of hydrogen-bond acceptors (Lipinski definition) is 0. The van der Waals surface area contributed by atoms with Crippen LogP contribution in [0.15, 0.2) is 12.2 Å². The number of fused-ring (bicyclic) bond motifs is 1. The van der Waals surface area contributed by atoms with Crippen LogP contribution in [0.2, 0.25) is 0 Å². The Morgan fingerprint density at radius 1 is 0.923 bits per heavy atom. The molecular weight excluding hydrogens is 156 g/mol. The van der Waals surface area contributed by atoms with E-state index in [0.717, 1.165) is 29.6 Å². The van der Waals surface area contributed by atoms with Crippen molar-refractivity contribution in [2.75, 3.05) is 0 Å². The summed E-state index contributed by atoms with van der Waals surface area (Å²) in [6.07, 6.45) is 9.31. The Morgan fingerprint density at radius 2 is 1.62 bits per heavy atom. The molecule has 0 aromatic heterocycles. The van der Waals surface area contributed by atoms with Crippen LogP contribution in [0.5, 0.6) is 0 Å². The molecule has 0 aromatic carbocycles. The van der Waals surface area contributed by atoms with Crippen molar-refractivity contribution in [1.82, 2.24) is 0 Å². The second-order valence-electron chi connectivity index (χ2n) is 5.25. The maximum absolute atomic E-state index is 2.46. The molecule has 0 aromatic rings. The van der Waals surface area contributed by atoms with Gasteiger partial charge in [0.1, 0.15) is 0 Å². The van der Waals surface area contributed by atoms with Gasteiger partial charge in [-0.05, 0) is 36.0 Å². The van der Waals surface area contributed by atoms with Gasteiger partial charge in [0, 0.05) is 0 Å². The Labute approximate surface area is 82.4 Å². The molecular formula is C13H22. The molecule has 0 heterocycles. The van der Waals surface area contributed by atoms with Crippen LogP contribution < -0.4 is 0 Å². The average Bonchev–Trinajstić information content (AvgIpc) is 2.12. The van der Waals surface area contributed by atoms with E-state index in [0.29, 0.717) is 0 Å². The minimum absolute atomic E-state index is 0.830. The van der Waals surface area contributed by atoms with Gasteiger partial charge in [0.25, 0.3) is 0 Å². The van der Waals surface area contributed by atoms with Crippen LogP contribution in [0, 0.1) is 29.6 Å². The van der Waals surface area contributed by atoms with Gasteiger partial charge in [0.15, 0.2) is 0 Å². The van der Waals surface area contributed by atoms with Gasteiger partial charge in [-0.3, -0.25) is 0 Å². The molecule has 0 radical (unpaired) electrons. The molecule has 74 valence electrons. The SMILES string of the molecule is CC1C=CC(C)C2C(C)CCCC12. The monoisotopic (exact) mass is 178 g/mol. The Kier molecular flexibility index (Phi) is 2.49. The van der Waals surface area contributed by atoms with E-state index in [-0.39, 0.29) is 0 Å². The van der Waals surface area contributed by atoms with Crippen LogP contribution in [0.3, 0.4) is 0 Å². The third-order valence-electron chi connectivity index (χ3n) is 4.35. The molecule has 5 atom stereocenters. The first-order chi connectivity index (χ1) is 6.20. The largest absolute Gasteiger partial charge is 0.0851 e. The summed E-state index contributed by atoms with van der Waals surface area (Å²) >= 11 is 0. The first-order valence-electron chi connectivity index (χ1n) is 5.88. The Bertz CT molecular complexity index is 204. The topological polar surface area (TPSA) is 0 Å². The van der Waals surface area contributed by atoms with Gasteiger partial charge >= 0.3 is 0 Å². The molecule has 2 rings (SSSR count). The second-order valence-corrected chi connectivity index (χ2v) is 5.25. The molecule has 1 fully saturated rings. The van der Waals surface area contributed by atoms with Crippen molar-refractivity contribution in [3.8, 4) is 0 Å². The number of rotatable bonds is 0. The summed E-state index contributed by atoms with van der Waals surface area (Å²) in [5, 5.41) is 0. The molecule has 0 amide bonds. The summed E-state index contributed by atoms with van der Waals surface area (Å²) in [5.41, 5.74) is 0. The highest BCUT2D eigenvalue weighted by molar-refractivity contribution is 5.04. The minimum Gasteiger partial charge on any atom is -0.0851 e. The van der Waals surface area contributed by atoms with Crippen LogP contribution in [0.25, 0.3) is 0 Å². The van der Waals surface area contributed by atoms with Gasteiger partial charge in [-0.2, -0.15) is 0 Å². The standard InChI is InChI=1S/C13H22/c1-9-7-8-11(3)13-10(2)5-4-6-12(9)13/h7-13H,4-6H2,1-3H3. The van der Waals surface area contributed by atoms with Crippen LogP contribution in [0.1, 0.15) is 40.0 Å². The van der Waals surface area contributed by atoms with E-state index in [1.165, 1.54) is 19.3 Å². The third kappa shape index (κ3) is 1.56. The van der Waals surface area contributed by atoms with Gasteiger partial charge in [-0.1, -0.05) is 45.8 Å². The molecule has 5 unspecified atom stereocenters. The quantitative estimate of drug-likeness (QED) is 0.494. The van der Waals surface area contributed by atoms with E-state index in [2.05, 4.69) is 32.9 Å². The smallest absolute Gasteiger partial charge is 0.0228 e. The summed E-state index contributed by atoms with van der Waals surface area (Å²) in [7, 11) is 0. The van der Waals surface area contributed by atoms with Crippen LogP contribution in [-0.4, -0.2) is 0 Å². The van der Waals surface area contributed by atoms with Crippen molar-refractivity contribution in [2.45, 2.75) is 40.0 Å². The van der Waals surface area contributed by atoms with E-state index >= 15 is 0 Å².